The Morgan fingerprint density at radius 2 is 1.61 bits per heavy atom. The fourth-order valence-corrected chi connectivity index (χ4v) is 5.78. The lowest BCUT2D eigenvalue weighted by Gasteiger charge is -2.24. The van der Waals surface area contributed by atoms with Crippen molar-refractivity contribution in [2.24, 2.45) is 5.73 Å². The molecule has 4 heterocycles. The highest BCUT2D eigenvalue weighted by molar-refractivity contribution is 5.82. The quantitative estimate of drug-likeness (QED) is 0.244. The molecule has 0 bridgehead atoms. The molecule has 2 aromatic heterocycles. The number of carbonyl (C=O) groups excluding carboxylic acids is 1. The summed E-state index contributed by atoms with van der Waals surface area (Å²) in [4.78, 5) is 28.9. The number of carbonyl (C=O) groups is 1. The van der Waals surface area contributed by atoms with Gasteiger partial charge in [0.05, 0.1) is 30.0 Å². The number of halogens is 3. The minimum absolute atomic E-state index is 0.129. The summed E-state index contributed by atoms with van der Waals surface area (Å²) in [6.45, 7) is 3.01. The van der Waals surface area contributed by atoms with E-state index < -0.39 is 24.0 Å². The Balaban J connectivity index is 1.24. The summed E-state index contributed by atoms with van der Waals surface area (Å²) in [5, 5.41) is 3.44. The van der Waals surface area contributed by atoms with Gasteiger partial charge in [0.2, 0.25) is 5.91 Å². The number of nitrogens with one attached hydrogen (secondary N) is 3. The number of imidazole rings is 2. The van der Waals surface area contributed by atoms with Crippen LogP contribution in [0.15, 0.2) is 54.7 Å². The van der Waals surface area contributed by atoms with E-state index in [4.69, 9.17) is 5.73 Å². The number of alkyl halides is 3. The van der Waals surface area contributed by atoms with Crippen molar-refractivity contribution >= 4 is 5.91 Å². The maximum Gasteiger partial charge on any atom is 0.433 e. The van der Waals surface area contributed by atoms with Gasteiger partial charge in [0.15, 0.2) is 0 Å². The minimum Gasteiger partial charge on any atom is -0.341 e. The number of H-pyrrole nitrogens is 2. The molecule has 5 N–H and O–H groups in total. The third-order valence-electron chi connectivity index (χ3n) is 7.92. The van der Waals surface area contributed by atoms with E-state index in [1.54, 1.807) is 31.2 Å². The van der Waals surface area contributed by atoms with Crippen LogP contribution >= 0.6 is 0 Å². The third-order valence-corrected chi connectivity index (χ3v) is 7.92. The number of likely N-dealkylation sites (tertiary alicyclic amines) is 1. The molecular weight excluding hydrogens is 531 g/mol. The van der Waals surface area contributed by atoms with E-state index in [9.17, 15) is 18.0 Å². The molecule has 3 atom stereocenters. The Morgan fingerprint density at radius 3 is 2.22 bits per heavy atom. The Kier molecular flexibility index (Phi) is 7.16. The molecule has 0 saturated carbocycles. The molecule has 4 aromatic rings. The smallest absolute Gasteiger partial charge is 0.341 e. The second-order valence-corrected chi connectivity index (χ2v) is 10.8. The van der Waals surface area contributed by atoms with Gasteiger partial charge in [-0.05, 0) is 55.8 Å². The first-order chi connectivity index (χ1) is 19.7. The van der Waals surface area contributed by atoms with Gasteiger partial charge < -0.3 is 25.9 Å². The SMILES string of the molecule is CC(N)C(=O)N1CCC[C@H]1c1nc(-c2ccc(-c3ccc(-c4cnc(C5CCCN5)[nH]4)cc3)cc2)c(C(F)(F)F)[nH]1. The molecule has 41 heavy (non-hydrogen) atoms. The summed E-state index contributed by atoms with van der Waals surface area (Å²) in [5.74, 6) is 0.774. The number of hydrogen-bond acceptors (Lipinski definition) is 5. The summed E-state index contributed by atoms with van der Waals surface area (Å²) in [6.07, 6.45) is 0.610. The number of rotatable bonds is 6. The van der Waals surface area contributed by atoms with E-state index in [1.807, 2.05) is 30.5 Å². The molecule has 2 aliphatic rings. The van der Waals surface area contributed by atoms with E-state index in [0.717, 1.165) is 47.6 Å². The lowest BCUT2D eigenvalue weighted by molar-refractivity contribution is -0.140. The summed E-state index contributed by atoms with van der Waals surface area (Å²) >= 11 is 0. The van der Waals surface area contributed by atoms with Crippen LogP contribution in [-0.4, -0.2) is 49.9 Å². The van der Waals surface area contributed by atoms with Crippen molar-refractivity contribution in [1.82, 2.24) is 30.2 Å². The van der Waals surface area contributed by atoms with Crippen molar-refractivity contribution in [3.8, 4) is 33.6 Å². The first-order valence-electron chi connectivity index (χ1n) is 13.9. The maximum atomic E-state index is 14.0. The Morgan fingerprint density at radius 1 is 0.951 bits per heavy atom. The van der Waals surface area contributed by atoms with E-state index in [-0.39, 0.29) is 23.5 Å². The van der Waals surface area contributed by atoms with Crippen LogP contribution in [0.4, 0.5) is 13.2 Å². The van der Waals surface area contributed by atoms with Gasteiger partial charge in [-0.15, -0.1) is 0 Å². The topological polar surface area (TPSA) is 116 Å². The summed E-state index contributed by atoms with van der Waals surface area (Å²) in [5.41, 5.74) is 8.76. The van der Waals surface area contributed by atoms with Crippen molar-refractivity contribution in [2.75, 3.05) is 13.1 Å². The molecule has 8 nitrogen and oxygen atoms in total. The van der Waals surface area contributed by atoms with Gasteiger partial charge in [0.25, 0.3) is 0 Å². The fraction of sp³-hybridized carbons (Fsp3) is 0.367. The lowest BCUT2D eigenvalue weighted by Crippen LogP contribution is -2.41. The van der Waals surface area contributed by atoms with Crippen LogP contribution < -0.4 is 11.1 Å². The summed E-state index contributed by atoms with van der Waals surface area (Å²) < 4.78 is 42.1. The summed E-state index contributed by atoms with van der Waals surface area (Å²) in [7, 11) is 0. The number of aromatic amines is 2. The number of nitrogens with two attached hydrogens (primary N) is 1. The average Bonchev–Trinajstić information content (AvgIpc) is 3.78. The highest BCUT2D eigenvalue weighted by atomic mass is 19.4. The van der Waals surface area contributed by atoms with Crippen LogP contribution in [0, 0.1) is 0 Å². The second-order valence-electron chi connectivity index (χ2n) is 10.8. The highest BCUT2D eigenvalue weighted by Gasteiger charge is 2.40. The predicted molar refractivity (Wildman–Crippen MR) is 149 cm³/mol. The Labute approximate surface area is 235 Å². The molecule has 2 fully saturated rings. The molecular formula is C30H32F3N7O. The van der Waals surface area contributed by atoms with Gasteiger partial charge in [-0.3, -0.25) is 4.79 Å². The molecule has 11 heteroatoms. The highest BCUT2D eigenvalue weighted by Crippen LogP contribution is 2.40. The third kappa shape index (κ3) is 5.39. The molecule has 0 aliphatic carbocycles. The maximum absolute atomic E-state index is 14.0. The summed E-state index contributed by atoms with van der Waals surface area (Å²) in [6, 6.07) is 13.8. The largest absolute Gasteiger partial charge is 0.433 e. The normalized spacial score (nSPS) is 20.1. The van der Waals surface area contributed by atoms with Gasteiger partial charge in [0, 0.05) is 12.1 Å². The van der Waals surface area contributed by atoms with Crippen molar-refractivity contribution in [1.29, 1.82) is 0 Å². The van der Waals surface area contributed by atoms with Crippen molar-refractivity contribution in [2.45, 2.75) is 56.9 Å². The van der Waals surface area contributed by atoms with Crippen LogP contribution in [-0.2, 0) is 11.0 Å². The first kappa shape index (κ1) is 27.2. The van der Waals surface area contributed by atoms with Crippen LogP contribution in [0.25, 0.3) is 33.6 Å². The zero-order valence-corrected chi connectivity index (χ0v) is 22.6. The molecule has 0 radical (unpaired) electrons. The van der Waals surface area contributed by atoms with Crippen LogP contribution in [0.2, 0.25) is 0 Å². The zero-order chi connectivity index (χ0) is 28.7. The van der Waals surface area contributed by atoms with Gasteiger partial charge in [-0.2, -0.15) is 13.2 Å². The van der Waals surface area contributed by atoms with E-state index in [1.165, 1.54) is 4.90 Å². The zero-order valence-electron chi connectivity index (χ0n) is 22.6. The van der Waals surface area contributed by atoms with Crippen LogP contribution in [0.3, 0.4) is 0 Å². The molecule has 2 unspecified atom stereocenters. The van der Waals surface area contributed by atoms with E-state index in [2.05, 4.69) is 25.3 Å². The van der Waals surface area contributed by atoms with Crippen LogP contribution in [0.1, 0.15) is 62.0 Å². The predicted octanol–water partition coefficient (Wildman–Crippen LogP) is 5.59. The fourth-order valence-electron chi connectivity index (χ4n) is 5.78. The molecule has 2 aliphatic heterocycles. The van der Waals surface area contributed by atoms with Gasteiger partial charge >= 0.3 is 6.18 Å². The van der Waals surface area contributed by atoms with Crippen molar-refractivity contribution in [3.05, 3.63) is 72.1 Å². The van der Waals surface area contributed by atoms with Crippen molar-refractivity contribution < 1.29 is 18.0 Å². The number of benzene rings is 2. The lowest BCUT2D eigenvalue weighted by atomic mass is 10.0. The van der Waals surface area contributed by atoms with Gasteiger partial charge in [0.1, 0.15) is 23.0 Å². The molecule has 2 aromatic carbocycles. The number of amides is 1. The molecule has 2 saturated heterocycles. The van der Waals surface area contributed by atoms with E-state index >= 15 is 0 Å². The molecule has 0 spiro atoms. The van der Waals surface area contributed by atoms with Crippen LogP contribution in [0.5, 0.6) is 0 Å². The van der Waals surface area contributed by atoms with E-state index in [0.29, 0.717) is 24.9 Å². The van der Waals surface area contributed by atoms with Gasteiger partial charge in [-0.1, -0.05) is 48.5 Å². The Hall–Kier alpha value is -3.96. The minimum atomic E-state index is -4.63. The van der Waals surface area contributed by atoms with Gasteiger partial charge in [-0.25, -0.2) is 9.97 Å². The monoisotopic (exact) mass is 563 g/mol. The molecule has 1 amide bonds. The van der Waals surface area contributed by atoms with Crippen molar-refractivity contribution in [3.63, 3.8) is 0 Å². The Bertz CT molecular complexity index is 1520. The second kappa shape index (κ2) is 10.8. The molecule has 6 rings (SSSR count). The standard InChI is InChI=1S/C30H32F3N7O/c1-17(34)29(41)40-15-3-5-24(40)28-38-25(26(39-28)30(31,32)33)21-12-8-19(9-13-21)18-6-10-20(11-7-18)23-16-36-27(37-23)22-4-2-14-35-22/h6-13,16-17,22,24,35H,2-5,14-15,34H2,1H3,(H,36,37)(H,38,39)/t17?,22?,24-/m0/s1. The first-order valence-corrected chi connectivity index (χ1v) is 13.9. The molecule has 214 valence electrons. The average molecular weight is 564 g/mol. The number of aromatic nitrogens is 4. The number of nitrogens with zero attached hydrogens (tertiary/aromatic N) is 3. The number of hydrogen-bond donors (Lipinski definition) is 4.